The van der Waals surface area contributed by atoms with Crippen LogP contribution in [0.15, 0.2) is 29.2 Å². The molecule has 0 saturated carbocycles. The fraction of sp³-hybridized carbons (Fsp3) is 0.462. The van der Waals surface area contributed by atoms with Crippen LogP contribution in [0.1, 0.15) is 12.8 Å². The van der Waals surface area contributed by atoms with Crippen molar-refractivity contribution in [2.75, 3.05) is 18.9 Å². The van der Waals surface area contributed by atoms with Gasteiger partial charge in [-0.1, -0.05) is 12.1 Å². The number of rotatable bonds is 4. The molecule has 0 radical (unpaired) electrons. The van der Waals surface area contributed by atoms with Crippen molar-refractivity contribution >= 4 is 17.7 Å². The third kappa shape index (κ3) is 3.03. The first kappa shape index (κ1) is 13.4. The summed E-state index contributed by atoms with van der Waals surface area (Å²) in [6.45, 7) is 0.706. The van der Waals surface area contributed by atoms with Gasteiger partial charge in [0.2, 0.25) is 5.91 Å². The number of carbonyl (C=O) groups is 1. The Bertz CT molecular complexity index is 427. The standard InChI is InChI=1S/C13H16FNO2S/c14-11-5-1-2-6-12(11)18-9-13(17)15-7-3-4-10(15)8-16/h1-2,5-6,10,16H,3-4,7-9H2/t10-/m1/s1. The lowest BCUT2D eigenvalue weighted by molar-refractivity contribution is -0.129. The molecular weight excluding hydrogens is 253 g/mol. The van der Waals surface area contributed by atoms with E-state index in [0.717, 1.165) is 12.8 Å². The number of benzene rings is 1. The van der Waals surface area contributed by atoms with Crippen molar-refractivity contribution in [2.45, 2.75) is 23.8 Å². The van der Waals surface area contributed by atoms with E-state index >= 15 is 0 Å². The fourth-order valence-corrected chi connectivity index (χ4v) is 2.96. The molecule has 1 aromatic carbocycles. The van der Waals surface area contributed by atoms with Crippen LogP contribution in [0, 0.1) is 5.82 Å². The lowest BCUT2D eigenvalue weighted by Gasteiger charge is -2.22. The van der Waals surface area contributed by atoms with Gasteiger partial charge < -0.3 is 10.0 Å². The Balaban J connectivity index is 1.90. The summed E-state index contributed by atoms with van der Waals surface area (Å²) in [5.41, 5.74) is 0. The molecule has 18 heavy (non-hydrogen) atoms. The molecule has 0 spiro atoms. The molecule has 1 fully saturated rings. The summed E-state index contributed by atoms with van der Waals surface area (Å²) in [6.07, 6.45) is 1.79. The highest BCUT2D eigenvalue weighted by Gasteiger charge is 2.27. The maximum absolute atomic E-state index is 13.4. The highest BCUT2D eigenvalue weighted by atomic mass is 32.2. The number of halogens is 1. The van der Waals surface area contributed by atoms with Crippen molar-refractivity contribution in [3.63, 3.8) is 0 Å². The third-order valence-electron chi connectivity index (χ3n) is 3.10. The maximum Gasteiger partial charge on any atom is 0.233 e. The molecule has 1 saturated heterocycles. The van der Waals surface area contributed by atoms with Crippen LogP contribution in [-0.2, 0) is 4.79 Å². The zero-order valence-corrected chi connectivity index (χ0v) is 10.8. The van der Waals surface area contributed by atoms with E-state index in [1.54, 1.807) is 23.1 Å². The van der Waals surface area contributed by atoms with E-state index < -0.39 is 0 Å². The normalized spacial score (nSPS) is 19.2. The molecule has 1 aromatic rings. The molecule has 0 unspecified atom stereocenters. The maximum atomic E-state index is 13.4. The Morgan fingerprint density at radius 3 is 3.00 bits per heavy atom. The van der Waals surface area contributed by atoms with Crippen LogP contribution in [-0.4, -0.2) is 40.9 Å². The number of carbonyl (C=O) groups excluding carboxylic acids is 1. The van der Waals surface area contributed by atoms with E-state index in [2.05, 4.69) is 0 Å². The number of thioether (sulfide) groups is 1. The third-order valence-corrected chi connectivity index (χ3v) is 4.13. The molecule has 1 atom stereocenters. The van der Waals surface area contributed by atoms with Crippen LogP contribution in [0.25, 0.3) is 0 Å². The van der Waals surface area contributed by atoms with Gasteiger partial charge in [0.25, 0.3) is 0 Å². The topological polar surface area (TPSA) is 40.5 Å². The number of aliphatic hydroxyl groups excluding tert-OH is 1. The molecule has 0 aliphatic carbocycles. The second-order valence-electron chi connectivity index (χ2n) is 4.28. The van der Waals surface area contributed by atoms with Crippen molar-refractivity contribution in [3.8, 4) is 0 Å². The average Bonchev–Trinajstić information content (AvgIpc) is 2.86. The Morgan fingerprint density at radius 1 is 1.50 bits per heavy atom. The van der Waals surface area contributed by atoms with Gasteiger partial charge in [0.1, 0.15) is 5.82 Å². The van der Waals surface area contributed by atoms with Gasteiger partial charge in [-0.25, -0.2) is 4.39 Å². The van der Waals surface area contributed by atoms with Crippen molar-refractivity contribution in [2.24, 2.45) is 0 Å². The quantitative estimate of drug-likeness (QED) is 0.849. The molecule has 1 aliphatic heterocycles. The summed E-state index contributed by atoms with van der Waals surface area (Å²) in [4.78, 5) is 14.2. The van der Waals surface area contributed by atoms with E-state index in [1.165, 1.54) is 17.8 Å². The van der Waals surface area contributed by atoms with Crippen molar-refractivity contribution in [3.05, 3.63) is 30.1 Å². The number of hydrogen-bond acceptors (Lipinski definition) is 3. The zero-order chi connectivity index (χ0) is 13.0. The highest BCUT2D eigenvalue weighted by Crippen LogP contribution is 2.23. The predicted octanol–water partition coefficient (Wildman–Crippen LogP) is 1.90. The summed E-state index contributed by atoms with van der Waals surface area (Å²) in [5.74, 6) is -0.104. The van der Waals surface area contributed by atoms with E-state index in [0.29, 0.717) is 11.4 Å². The van der Waals surface area contributed by atoms with Gasteiger partial charge in [-0.3, -0.25) is 4.79 Å². The van der Waals surface area contributed by atoms with Crippen LogP contribution >= 0.6 is 11.8 Å². The SMILES string of the molecule is O=C(CSc1ccccc1F)N1CCC[C@@H]1CO. The first-order valence-electron chi connectivity index (χ1n) is 6.00. The molecule has 1 heterocycles. The minimum absolute atomic E-state index is 0.0100. The second-order valence-corrected chi connectivity index (χ2v) is 5.30. The van der Waals surface area contributed by atoms with Gasteiger partial charge in [-0.2, -0.15) is 0 Å². The van der Waals surface area contributed by atoms with Gasteiger partial charge in [0.05, 0.1) is 18.4 Å². The fourth-order valence-electron chi connectivity index (χ4n) is 2.14. The molecular formula is C13H16FNO2S. The molecule has 1 N–H and O–H groups in total. The minimum Gasteiger partial charge on any atom is -0.394 e. The van der Waals surface area contributed by atoms with E-state index in [4.69, 9.17) is 5.11 Å². The molecule has 3 nitrogen and oxygen atoms in total. The summed E-state index contributed by atoms with van der Waals surface area (Å²) in [5, 5.41) is 9.15. The molecule has 5 heteroatoms. The molecule has 2 rings (SSSR count). The van der Waals surface area contributed by atoms with Crippen LogP contribution in [0.3, 0.4) is 0 Å². The molecule has 0 aromatic heterocycles. The van der Waals surface area contributed by atoms with Crippen LogP contribution in [0.2, 0.25) is 0 Å². The Hall–Kier alpha value is -1.07. The summed E-state index contributed by atoms with van der Waals surface area (Å²) in [6, 6.07) is 6.38. The Morgan fingerprint density at radius 2 is 2.28 bits per heavy atom. The van der Waals surface area contributed by atoms with Gasteiger partial charge in [-0.05, 0) is 25.0 Å². The summed E-state index contributed by atoms with van der Waals surface area (Å²) in [7, 11) is 0. The second kappa shape index (κ2) is 6.20. The van der Waals surface area contributed by atoms with E-state index in [-0.39, 0.29) is 30.1 Å². The first-order chi connectivity index (χ1) is 8.72. The number of hydrogen-bond donors (Lipinski definition) is 1. The Labute approximate surface area is 110 Å². The first-order valence-corrected chi connectivity index (χ1v) is 6.98. The molecule has 98 valence electrons. The average molecular weight is 269 g/mol. The number of likely N-dealkylation sites (tertiary alicyclic amines) is 1. The van der Waals surface area contributed by atoms with Gasteiger partial charge in [0, 0.05) is 11.4 Å². The van der Waals surface area contributed by atoms with Crippen LogP contribution in [0.5, 0.6) is 0 Å². The van der Waals surface area contributed by atoms with Gasteiger partial charge >= 0.3 is 0 Å². The number of aliphatic hydroxyl groups is 1. The largest absolute Gasteiger partial charge is 0.394 e. The van der Waals surface area contributed by atoms with E-state index in [9.17, 15) is 9.18 Å². The molecule has 1 amide bonds. The van der Waals surface area contributed by atoms with Crippen molar-refractivity contribution in [1.29, 1.82) is 0 Å². The monoisotopic (exact) mass is 269 g/mol. The number of amides is 1. The summed E-state index contributed by atoms with van der Waals surface area (Å²) < 4.78 is 13.4. The van der Waals surface area contributed by atoms with E-state index in [1.807, 2.05) is 0 Å². The minimum atomic E-state index is -0.296. The van der Waals surface area contributed by atoms with Crippen LogP contribution < -0.4 is 0 Å². The highest BCUT2D eigenvalue weighted by molar-refractivity contribution is 8.00. The predicted molar refractivity (Wildman–Crippen MR) is 68.9 cm³/mol. The summed E-state index contributed by atoms with van der Waals surface area (Å²) >= 11 is 1.21. The zero-order valence-electron chi connectivity index (χ0n) is 10.0. The van der Waals surface area contributed by atoms with Crippen molar-refractivity contribution in [1.82, 2.24) is 4.90 Å². The van der Waals surface area contributed by atoms with Gasteiger partial charge in [0.15, 0.2) is 0 Å². The lowest BCUT2D eigenvalue weighted by atomic mass is 10.2. The smallest absolute Gasteiger partial charge is 0.233 e. The van der Waals surface area contributed by atoms with Crippen LogP contribution in [0.4, 0.5) is 4.39 Å². The molecule has 1 aliphatic rings. The van der Waals surface area contributed by atoms with Crippen molar-refractivity contribution < 1.29 is 14.3 Å². The number of nitrogens with zero attached hydrogens (tertiary/aromatic N) is 1. The Kier molecular flexibility index (Phi) is 4.60. The van der Waals surface area contributed by atoms with Gasteiger partial charge in [-0.15, -0.1) is 11.8 Å². The lowest BCUT2D eigenvalue weighted by Crippen LogP contribution is -2.38. The molecule has 0 bridgehead atoms.